The molecule has 0 bridgehead atoms. The second-order valence-electron chi connectivity index (χ2n) is 11.2. The van der Waals surface area contributed by atoms with Gasteiger partial charge in [0.15, 0.2) is 5.78 Å². The van der Waals surface area contributed by atoms with Crippen LogP contribution in [0.4, 0.5) is 17.6 Å². The average molecular weight is 579 g/mol. The Kier molecular flexibility index (Phi) is 10.9. The Balaban J connectivity index is 1.63. The van der Waals surface area contributed by atoms with Crippen LogP contribution < -0.4 is 0 Å². The number of ketones is 2. The third kappa shape index (κ3) is 7.45. The number of carbonyl (C=O) groups is 2. The number of hydrogen-bond acceptors (Lipinski definition) is 2. The van der Waals surface area contributed by atoms with E-state index in [9.17, 15) is 27.2 Å². The molecule has 3 aromatic carbocycles. The highest BCUT2D eigenvalue weighted by molar-refractivity contribution is 6.02. The first kappa shape index (κ1) is 31.4. The number of hydrogen-bond donors (Lipinski definition) is 0. The first-order valence-electron chi connectivity index (χ1n) is 15.0. The van der Waals surface area contributed by atoms with Gasteiger partial charge in [0, 0.05) is 36.8 Å². The lowest BCUT2D eigenvalue weighted by molar-refractivity contribution is -0.119. The molecule has 1 aliphatic rings. The molecule has 6 heteroatoms. The lowest BCUT2D eigenvalue weighted by atomic mass is 9.79. The smallest absolute Gasteiger partial charge is 0.176 e. The van der Waals surface area contributed by atoms with Crippen LogP contribution in [0.2, 0.25) is 0 Å². The van der Waals surface area contributed by atoms with Crippen LogP contribution in [-0.2, 0) is 17.6 Å². The summed E-state index contributed by atoms with van der Waals surface area (Å²) in [6.07, 6.45) is 9.80. The number of allylic oxidation sites excluding steroid dienone is 2. The molecule has 2 unspecified atom stereocenters. The van der Waals surface area contributed by atoms with Crippen molar-refractivity contribution in [1.29, 1.82) is 0 Å². The normalized spacial score (nSPS) is 16.5. The van der Waals surface area contributed by atoms with Crippen molar-refractivity contribution in [2.45, 2.75) is 84.0 Å². The fourth-order valence-electron chi connectivity index (χ4n) is 6.14. The third-order valence-corrected chi connectivity index (χ3v) is 8.32. The number of benzene rings is 3. The highest BCUT2D eigenvalue weighted by Crippen LogP contribution is 2.46. The Hall–Kier alpha value is -3.54. The van der Waals surface area contributed by atoms with Gasteiger partial charge in [-0.05, 0) is 65.6 Å². The molecular weight excluding hydrogens is 540 g/mol. The summed E-state index contributed by atoms with van der Waals surface area (Å²) >= 11 is 0. The van der Waals surface area contributed by atoms with E-state index < -0.39 is 46.5 Å². The van der Waals surface area contributed by atoms with Crippen molar-refractivity contribution in [2.24, 2.45) is 5.92 Å². The molecule has 0 N–H and O–H groups in total. The highest BCUT2D eigenvalue weighted by Gasteiger charge is 2.38. The molecule has 0 spiro atoms. The number of rotatable bonds is 14. The zero-order chi connectivity index (χ0) is 30.2. The molecule has 222 valence electrons. The molecule has 0 saturated heterocycles. The van der Waals surface area contributed by atoms with Crippen LogP contribution >= 0.6 is 0 Å². The minimum absolute atomic E-state index is 0.232. The van der Waals surface area contributed by atoms with Gasteiger partial charge < -0.3 is 0 Å². The van der Waals surface area contributed by atoms with Gasteiger partial charge in [-0.2, -0.15) is 0 Å². The van der Waals surface area contributed by atoms with E-state index >= 15 is 0 Å². The molecule has 3 aromatic rings. The van der Waals surface area contributed by atoms with Crippen molar-refractivity contribution in [3.63, 3.8) is 0 Å². The number of unbranched alkanes of at least 4 members (excludes halogenated alkanes) is 4. The van der Waals surface area contributed by atoms with E-state index in [1.807, 2.05) is 25.1 Å². The molecule has 0 radical (unpaired) electrons. The molecule has 0 heterocycles. The maximum atomic E-state index is 14.7. The topological polar surface area (TPSA) is 34.1 Å². The van der Waals surface area contributed by atoms with Crippen molar-refractivity contribution >= 4 is 17.1 Å². The molecule has 1 aliphatic carbocycles. The molecule has 42 heavy (non-hydrogen) atoms. The predicted molar refractivity (Wildman–Crippen MR) is 158 cm³/mol. The fourth-order valence-corrected chi connectivity index (χ4v) is 6.14. The molecule has 0 saturated carbocycles. The van der Waals surface area contributed by atoms with Crippen molar-refractivity contribution in [3.05, 3.63) is 112 Å². The maximum Gasteiger partial charge on any atom is 0.176 e. The summed E-state index contributed by atoms with van der Waals surface area (Å²) in [5.74, 6) is -5.85. The molecule has 0 amide bonds. The van der Waals surface area contributed by atoms with E-state index in [0.29, 0.717) is 44.2 Å². The molecular formula is C36H38F4O2. The molecule has 0 fully saturated rings. The number of aryl methyl sites for hydroxylation is 1. The first-order valence-corrected chi connectivity index (χ1v) is 15.0. The lowest BCUT2D eigenvalue weighted by Gasteiger charge is -2.24. The summed E-state index contributed by atoms with van der Waals surface area (Å²) in [7, 11) is 0. The van der Waals surface area contributed by atoms with E-state index in [1.54, 1.807) is 18.2 Å². The van der Waals surface area contributed by atoms with E-state index in [0.717, 1.165) is 53.5 Å². The van der Waals surface area contributed by atoms with Gasteiger partial charge in [0.1, 0.15) is 29.1 Å². The van der Waals surface area contributed by atoms with Gasteiger partial charge in [-0.3, -0.25) is 9.59 Å². The Morgan fingerprint density at radius 2 is 1.50 bits per heavy atom. The largest absolute Gasteiger partial charge is 0.300 e. The number of Topliss-reactive ketones (excluding diaryl/α,β-unsaturated/α-hetero) is 2. The SMILES string of the molecule is CCCCCCCC(=O)CCc1cccc(C2CC(c3ccc(F)cc3)=CC2C(=O)c2c(F)cc(F)cc2F)c1CC. The second kappa shape index (κ2) is 14.6. The highest BCUT2D eigenvalue weighted by atomic mass is 19.1. The Morgan fingerprint density at radius 1 is 0.810 bits per heavy atom. The third-order valence-electron chi connectivity index (χ3n) is 8.32. The monoisotopic (exact) mass is 578 g/mol. The van der Waals surface area contributed by atoms with Crippen molar-refractivity contribution < 1.29 is 27.2 Å². The van der Waals surface area contributed by atoms with Gasteiger partial charge in [0.05, 0.1) is 5.56 Å². The van der Waals surface area contributed by atoms with Gasteiger partial charge >= 0.3 is 0 Å². The van der Waals surface area contributed by atoms with Crippen LogP contribution in [-0.4, -0.2) is 11.6 Å². The predicted octanol–water partition coefficient (Wildman–Crippen LogP) is 9.74. The molecule has 0 aromatic heterocycles. The van der Waals surface area contributed by atoms with Crippen molar-refractivity contribution in [3.8, 4) is 0 Å². The van der Waals surface area contributed by atoms with E-state index in [-0.39, 0.29) is 5.78 Å². The summed E-state index contributed by atoms with van der Waals surface area (Å²) in [6.45, 7) is 4.17. The fraction of sp³-hybridized carbons (Fsp3) is 0.389. The van der Waals surface area contributed by atoms with Crippen LogP contribution in [0.1, 0.15) is 104 Å². The zero-order valence-corrected chi connectivity index (χ0v) is 24.3. The van der Waals surface area contributed by atoms with E-state index in [1.165, 1.54) is 18.6 Å². The molecule has 2 nitrogen and oxygen atoms in total. The zero-order valence-electron chi connectivity index (χ0n) is 24.3. The van der Waals surface area contributed by atoms with Crippen LogP contribution in [0, 0.1) is 29.2 Å². The van der Waals surface area contributed by atoms with Crippen LogP contribution in [0.15, 0.2) is 60.7 Å². The Labute approximate surface area is 245 Å². The quantitative estimate of drug-likeness (QED) is 0.108. The average Bonchev–Trinajstić information content (AvgIpc) is 3.41. The van der Waals surface area contributed by atoms with Crippen LogP contribution in [0.25, 0.3) is 5.57 Å². The summed E-state index contributed by atoms with van der Waals surface area (Å²) in [6, 6.07) is 12.8. The summed E-state index contributed by atoms with van der Waals surface area (Å²) < 4.78 is 56.8. The van der Waals surface area contributed by atoms with Gasteiger partial charge in [-0.1, -0.05) is 75.9 Å². The maximum absolute atomic E-state index is 14.7. The van der Waals surface area contributed by atoms with Crippen LogP contribution in [0.3, 0.4) is 0 Å². The number of halogens is 4. The van der Waals surface area contributed by atoms with Gasteiger partial charge in [0.2, 0.25) is 0 Å². The standard InChI is InChI=1S/C36H38F4O2/c1-3-5-6-7-8-11-28(41)18-15-24-10-9-12-30(29(24)4-2)31-19-25(23-13-16-26(37)17-14-23)20-32(31)36(42)35-33(39)21-27(38)22-34(35)40/h9-10,12-14,16-17,20-22,31-32H,3-8,11,15,18-19H2,1-2H3. The first-order chi connectivity index (χ1) is 20.2. The molecule has 0 aliphatic heterocycles. The minimum atomic E-state index is -1.24. The Morgan fingerprint density at radius 3 is 2.17 bits per heavy atom. The summed E-state index contributed by atoms with van der Waals surface area (Å²) in [5.41, 5.74) is 3.65. The minimum Gasteiger partial charge on any atom is -0.300 e. The van der Waals surface area contributed by atoms with Crippen molar-refractivity contribution in [1.82, 2.24) is 0 Å². The van der Waals surface area contributed by atoms with Crippen molar-refractivity contribution in [2.75, 3.05) is 0 Å². The summed E-state index contributed by atoms with van der Waals surface area (Å²) in [4.78, 5) is 26.4. The number of carbonyl (C=O) groups excluding carboxylic acids is 2. The summed E-state index contributed by atoms with van der Waals surface area (Å²) in [5, 5.41) is 0. The molecule has 4 rings (SSSR count). The van der Waals surface area contributed by atoms with E-state index in [4.69, 9.17) is 0 Å². The van der Waals surface area contributed by atoms with Crippen LogP contribution in [0.5, 0.6) is 0 Å². The van der Waals surface area contributed by atoms with E-state index in [2.05, 4.69) is 6.92 Å². The van der Waals surface area contributed by atoms with Gasteiger partial charge in [0.25, 0.3) is 0 Å². The Bertz CT molecular complexity index is 1420. The molecule has 2 atom stereocenters. The second-order valence-corrected chi connectivity index (χ2v) is 11.2. The van der Waals surface area contributed by atoms with Gasteiger partial charge in [-0.25, -0.2) is 17.6 Å². The lowest BCUT2D eigenvalue weighted by Crippen LogP contribution is -2.21. The van der Waals surface area contributed by atoms with Gasteiger partial charge in [-0.15, -0.1) is 0 Å².